The lowest BCUT2D eigenvalue weighted by atomic mass is 10.1. The maximum Gasteiger partial charge on any atom is -0.0273 e. The van der Waals surface area contributed by atoms with Gasteiger partial charge in [0, 0.05) is 0 Å². The highest BCUT2D eigenvalue weighted by Crippen LogP contribution is 2.20. The Labute approximate surface area is 68.3 Å². The number of rotatable bonds is 0. The van der Waals surface area contributed by atoms with E-state index in [9.17, 15) is 0 Å². The molecule has 0 aliphatic heterocycles. The summed E-state index contributed by atoms with van der Waals surface area (Å²) in [6.07, 6.45) is 12.0. The summed E-state index contributed by atoms with van der Waals surface area (Å²) in [7, 11) is 0. The summed E-state index contributed by atoms with van der Waals surface area (Å²) >= 11 is 0. The first-order chi connectivity index (χ1) is 5.47. The molecule has 0 spiro atoms. The Morgan fingerprint density at radius 2 is 1.36 bits per heavy atom. The molecule has 0 bridgehead atoms. The van der Waals surface area contributed by atoms with Crippen molar-refractivity contribution in [1.29, 1.82) is 0 Å². The van der Waals surface area contributed by atoms with E-state index in [4.69, 9.17) is 0 Å². The van der Waals surface area contributed by atoms with E-state index in [1.165, 1.54) is 19.3 Å². The van der Waals surface area contributed by atoms with Gasteiger partial charge in [0.2, 0.25) is 0 Å². The summed E-state index contributed by atoms with van der Waals surface area (Å²) in [5, 5.41) is 0. The summed E-state index contributed by atoms with van der Waals surface area (Å²) in [6, 6.07) is 8.74. The van der Waals surface area contributed by atoms with Crippen LogP contribution < -0.4 is 0 Å². The maximum atomic E-state index is 4.00. The molecule has 0 radical (unpaired) electrons. The molecule has 11 heavy (non-hydrogen) atoms. The van der Waals surface area contributed by atoms with Gasteiger partial charge in [-0.15, -0.1) is 12.8 Å². The average Bonchev–Trinajstić information content (AvgIpc) is 2.55. The van der Waals surface area contributed by atoms with Crippen molar-refractivity contribution in [2.45, 2.75) is 19.3 Å². The van der Waals surface area contributed by atoms with Crippen molar-refractivity contribution in [2.75, 3.05) is 0 Å². The van der Waals surface area contributed by atoms with Crippen LogP contribution in [0.5, 0.6) is 0 Å². The second-order valence-corrected chi connectivity index (χ2v) is 2.62. The molecule has 1 aliphatic rings. The van der Waals surface area contributed by atoms with Crippen LogP contribution in [0.3, 0.4) is 0 Å². The van der Waals surface area contributed by atoms with E-state index >= 15 is 0 Å². The monoisotopic (exact) mass is 144 g/mol. The Morgan fingerprint density at radius 1 is 0.909 bits per heavy atom. The number of benzene rings is 1. The van der Waals surface area contributed by atoms with Gasteiger partial charge in [0.15, 0.2) is 0 Å². The Kier molecular flexibility index (Phi) is 2.74. The van der Waals surface area contributed by atoms with Crippen LogP contribution in [0, 0.1) is 12.8 Å². The number of aryl methyl sites for hydroxylation is 2. The molecule has 0 fully saturated rings. The van der Waals surface area contributed by atoms with E-state index in [-0.39, 0.29) is 0 Å². The van der Waals surface area contributed by atoms with E-state index in [2.05, 4.69) is 37.1 Å². The Morgan fingerprint density at radius 3 is 1.82 bits per heavy atom. The molecule has 0 heterocycles. The molecular weight excluding hydrogens is 132 g/mol. The van der Waals surface area contributed by atoms with E-state index in [0.29, 0.717) is 0 Å². The van der Waals surface area contributed by atoms with Crippen LogP contribution in [0.2, 0.25) is 0 Å². The summed E-state index contributed by atoms with van der Waals surface area (Å²) in [5.74, 6) is 0. The highest BCUT2D eigenvalue weighted by Gasteiger charge is 2.07. The lowest BCUT2D eigenvalue weighted by molar-refractivity contribution is 0.912. The van der Waals surface area contributed by atoms with Crippen molar-refractivity contribution in [3.05, 3.63) is 35.4 Å². The fourth-order valence-electron chi connectivity index (χ4n) is 1.51. The number of fused-ring (bicyclic) bond motifs is 1. The second kappa shape index (κ2) is 3.83. The summed E-state index contributed by atoms with van der Waals surface area (Å²) in [5.41, 5.74) is 3.13. The molecule has 56 valence electrons. The summed E-state index contributed by atoms with van der Waals surface area (Å²) < 4.78 is 0. The zero-order valence-corrected chi connectivity index (χ0v) is 6.59. The van der Waals surface area contributed by atoms with Gasteiger partial charge in [-0.1, -0.05) is 24.3 Å². The fraction of sp³-hybridized carbons (Fsp3) is 0.273. The van der Waals surface area contributed by atoms with Gasteiger partial charge in [0.1, 0.15) is 0 Å². The average molecular weight is 144 g/mol. The van der Waals surface area contributed by atoms with Crippen LogP contribution in [0.1, 0.15) is 17.5 Å². The molecule has 1 aromatic carbocycles. The zero-order chi connectivity index (χ0) is 8.10. The lowest BCUT2D eigenvalue weighted by Gasteiger charge is -1.93. The number of hydrogen-bond acceptors (Lipinski definition) is 0. The number of terminal acetylenes is 1. The molecule has 1 aromatic rings. The molecule has 0 atom stereocenters. The Bertz CT molecular complexity index is 222. The van der Waals surface area contributed by atoms with Crippen LogP contribution in [0.4, 0.5) is 0 Å². The SMILES string of the molecule is C#C.c1ccc2c(c1)CCC2. The van der Waals surface area contributed by atoms with Crippen LogP contribution in [0.15, 0.2) is 24.3 Å². The standard InChI is InChI=1S/C9H10.C2H2/c1-2-5-9-7-3-6-8(9)4-1;1-2/h1-2,4-5H,3,6-7H2;1-2H. The largest absolute Gasteiger partial charge is 0.124 e. The van der Waals surface area contributed by atoms with Crippen molar-refractivity contribution < 1.29 is 0 Å². The zero-order valence-electron chi connectivity index (χ0n) is 6.59. The quantitative estimate of drug-likeness (QED) is 0.490. The normalized spacial score (nSPS) is 12.9. The van der Waals surface area contributed by atoms with Gasteiger partial charge in [-0.25, -0.2) is 0 Å². The van der Waals surface area contributed by atoms with Crippen LogP contribution in [-0.4, -0.2) is 0 Å². The van der Waals surface area contributed by atoms with Crippen molar-refractivity contribution in [1.82, 2.24) is 0 Å². The third kappa shape index (κ3) is 1.62. The Hall–Kier alpha value is -1.22. The lowest BCUT2D eigenvalue weighted by Crippen LogP contribution is -1.77. The minimum absolute atomic E-state index is 1.30. The topological polar surface area (TPSA) is 0 Å². The molecule has 0 nitrogen and oxygen atoms in total. The van der Waals surface area contributed by atoms with Crippen molar-refractivity contribution in [3.63, 3.8) is 0 Å². The van der Waals surface area contributed by atoms with Gasteiger partial charge < -0.3 is 0 Å². The first kappa shape index (κ1) is 7.88. The third-order valence-corrected chi connectivity index (χ3v) is 2.01. The molecule has 1 aliphatic carbocycles. The molecule has 0 saturated heterocycles. The van der Waals surface area contributed by atoms with E-state index in [0.717, 1.165) is 0 Å². The first-order valence-electron chi connectivity index (χ1n) is 3.87. The van der Waals surface area contributed by atoms with Gasteiger partial charge >= 0.3 is 0 Å². The van der Waals surface area contributed by atoms with Crippen LogP contribution in [-0.2, 0) is 12.8 Å². The van der Waals surface area contributed by atoms with Gasteiger partial charge in [-0.3, -0.25) is 0 Å². The van der Waals surface area contributed by atoms with Gasteiger partial charge in [-0.2, -0.15) is 0 Å². The molecule has 0 N–H and O–H groups in total. The van der Waals surface area contributed by atoms with E-state index in [1.54, 1.807) is 11.1 Å². The molecule has 0 amide bonds. The van der Waals surface area contributed by atoms with Gasteiger partial charge in [0.05, 0.1) is 0 Å². The molecule has 0 saturated carbocycles. The minimum Gasteiger partial charge on any atom is -0.124 e. The Balaban J connectivity index is 0.000000281. The molecular formula is C11H12. The van der Waals surface area contributed by atoms with Crippen molar-refractivity contribution >= 4 is 0 Å². The molecule has 0 heteroatoms. The van der Waals surface area contributed by atoms with Gasteiger partial charge in [-0.05, 0) is 30.4 Å². The third-order valence-electron chi connectivity index (χ3n) is 2.01. The molecule has 2 rings (SSSR count). The van der Waals surface area contributed by atoms with Crippen molar-refractivity contribution in [2.24, 2.45) is 0 Å². The fourth-order valence-corrected chi connectivity index (χ4v) is 1.51. The highest BCUT2D eigenvalue weighted by molar-refractivity contribution is 5.30. The predicted octanol–water partition coefficient (Wildman–Crippen LogP) is 2.42. The molecule has 0 aromatic heterocycles. The van der Waals surface area contributed by atoms with E-state index < -0.39 is 0 Å². The van der Waals surface area contributed by atoms with Crippen molar-refractivity contribution in [3.8, 4) is 12.8 Å². The van der Waals surface area contributed by atoms with Gasteiger partial charge in [0.25, 0.3) is 0 Å². The first-order valence-corrected chi connectivity index (χ1v) is 3.87. The maximum absolute atomic E-state index is 4.00. The minimum atomic E-state index is 1.30. The van der Waals surface area contributed by atoms with Crippen LogP contribution >= 0.6 is 0 Å². The summed E-state index contributed by atoms with van der Waals surface area (Å²) in [6.45, 7) is 0. The van der Waals surface area contributed by atoms with Crippen LogP contribution in [0.25, 0.3) is 0 Å². The molecule has 0 unspecified atom stereocenters. The van der Waals surface area contributed by atoms with E-state index in [1.807, 2.05) is 0 Å². The number of hydrogen-bond donors (Lipinski definition) is 0. The predicted molar refractivity (Wildman–Crippen MR) is 48.4 cm³/mol. The second-order valence-electron chi connectivity index (χ2n) is 2.62. The summed E-state index contributed by atoms with van der Waals surface area (Å²) in [4.78, 5) is 0. The highest BCUT2D eigenvalue weighted by atomic mass is 14.1. The smallest absolute Gasteiger partial charge is 0.0273 e.